The minimum absolute atomic E-state index is 0.0990. The van der Waals surface area contributed by atoms with Crippen LogP contribution in [0.3, 0.4) is 0 Å². The second-order valence-corrected chi connectivity index (χ2v) is 10.6. The van der Waals surface area contributed by atoms with E-state index in [0.717, 1.165) is 12.8 Å². The third-order valence-corrected chi connectivity index (χ3v) is 8.32. The van der Waals surface area contributed by atoms with Gasteiger partial charge in [0.1, 0.15) is 12.7 Å². The Bertz CT molecular complexity index is 873. The number of ether oxygens (including phenoxy) is 3. The van der Waals surface area contributed by atoms with E-state index in [1.54, 1.807) is 0 Å². The summed E-state index contributed by atoms with van der Waals surface area (Å²) in [5.74, 6) is -2.34. The zero-order valence-corrected chi connectivity index (χ0v) is 17.8. The molecule has 182 valence electrons. The highest BCUT2D eigenvalue weighted by Gasteiger charge is 2.71. The number of hydrogen-bond donors (Lipinski definition) is 2. The maximum absolute atomic E-state index is 13.4. The van der Waals surface area contributed by atoms with Crippen molar-refractivity contribution >= 4 is 22.1 Å². The molecule has 1 aliphatic heterocycles. The zero-order valence-electron chi connectivity index (χ0n) is 17.0. The average molecular weight is 486 g/mol. The standard InChI is InChI=1S/C19H25F3O9S/c20-11(19(21,22)32(26,27)28)3-6-29-12(23)8-30-15-10-7-9-13(17(24)31-16(9)15)14(10)18(25)4-1-2-5-18/h9-11,13-16,25H,1-8H2,(H,26,27,28). The Morgan fingerprint density at radius 2 is 1.94 bits per heavy atom. The lowest BCUT2D eigenvalue weighted by Crippen LogP contribution is -2.49. The molecule has 7 unspecified atom stereocenters. The number of aliphatic hydroxyl groups is 1. The first-order chi connectivity index (χ1) is 14.9. The Hall–Kier alpha value is -1.44. The zero-order chi connectivity index (χ0) is 23.5. The second-order valence-electron chi connectivity index (χ2n) is 9.12. The molecule has 0 amide bonds. The van der Waals surface area contributed by atoms with Gasteiger partial charge in [0.05, 0.1) is 24.2 Å². The molecule has 1 heterocycles. The van der Waals surface area contributed by atoms with Gasteiger partial charge in [0.15, 0.2) is 6.17 Å². The van der Waals surface area contributed by atoms with Crippen molar-refractivity contribution in [3.8, 4) is 0 Å². The Morgan fingerprint density at radius 1 is 1.28 bits per heavy atom. The molecule has 4 fully saturated rings. The van der Waals surface area contributed by atoms with Crippen LogP contribution in [-0.2, 0) is 33.9 Å². The third-order valence-electron chi connectivity index (χ3n) is 7.37. The first-order valence-electron chi connectivity index (χ1n) is 10.6. The smallest absolute Gasteiger partial charge is 0.400 e. The highest BCUT2D eigenvalue weighted by molar-refractivity contribution is 7.86. The lowest BCUT2D eigenvalue weighted by atomic mass is 9.68. The van der Waals surface area contributed by atoms with Crippen LogP contribution in [0.1, 0.15) is 38.5 Å². The molecular formula is C19H25F3O9S. The first-order valence-corrected chi connectivity index (χ1v) is 12.0. The van der Waals surface area contributed by atoms with Crippen molar-refractivity contribution in [3.05, 3.63) is 0 Å². The summed E-state index contributed by atoms with van der Waals surface area (Å²) in [6.45, 7) is -1.46. The molecule has 1 saturated heterocycles. The van der Waals surface area contributed by atoms with Crippen LogP contribution in [0, 0.1) is 23.7 Å². The third kappa shape index (κ3) is 3.80. The van der Waals surface area contributed by atoms with E-state index in [-0.39, 0.29) is 29.6 Å². The van der Waals surface area contributed by atoms with E-state index in [2.05, 4.69) is 4.74 Å². The van der Waals surface area contributed by atoms with Gasteiger partial charge in [0.25, 0.3) is 0 Å². The Morgan fingerprint density at radius 3 is 2.56 bits per heavy atom. The molecule has 0 spiro atoms. The van der Waals surface area contributed by atoms with Gasteiger partial charge in [-0.15, -0.1) is 0 Å². The largest absolute Gasteiger partial charge is 0.464 e. The summed E-state index contributed by atoms with van der Waals surface area (Å²) in [7, 11) is -5.94. The summed E-state index contributed by atoms with van der Waals surface area (Å²) in [6.07, 6.45) is -2.05. The summed E-state index contributed by atoms with van der Waals surface area (Å²) in [4.78, 5) is 24.3. The molecule has 3 aliphatic carbocycles. The second kappa shape index (κ2) is 8.10. The van der Waals surface area contributed by atoms with Gasteiger partial charge in [-0.3, -0.25) is 9.35 Å². The molecule has 2 N–H and O–H groups in total. The van der Waals surface area contributed by atoms with E-state index < -0.39 is 65.0 Å². The first kappa shape index (κ1) is 23.7. The maximum atomic E-state index is 13.4. The van der Waals surface area contributed by atoms with Crippen LogP contribution in [0.15, 0.2) is 0 Å². The highest BCUT2D eigenvalue weighted by atomic mass is 32.2. The van der Waals surface area contributed by atoms with Gasteiger partial charge < -0.3 is 19.3 Å². The number of carbonyl (C=O) groups excluding carboxylic acids is 2. The molecule has 0 radical (unpaired) electrons. The van der Waals surface area contributed by atoms with E-state index in [9.17, 15) is 36.3 Å². The van der Waals surface area contributed by atoms with Crippen LogP contribution in [0.25, 0.3) is 0 Å². The van der Waals surface area contributed by atoms with E-state index in [4.69, 9.17) is 14.0 Å². The maximum Gasteiger partial charge on any atom is 0.400 e. The topological polar surface area (TPSA) is 136 Å². The van der Waals surface area contributed by atoms with Crippen molar-refractivity contribution < 1.29 is 55.0 Å². The molecule has 32 heavy (non-hydrogen) atoms. The molecule has 3 saturated carbocycles. The number of hydrogen-bond acceptors (Lipinski definition) is 8. The molecular weight excluding hydrogens is 461 g/mol. The number of rotatable bonds is 9. The van der Waals surface area contributed by atoms with E-state index in [1.807, 2.05) is 0 Å². The van der Waals surface area contributed by atoms with Crippen LogP contribution in [0.5, 0.6) is 0 Å². The van der Waals surface area contributed by atoms with Crippen LogP contribution < -0.4 is 0 Å². The van der Waals surface area contributed by atoms with E-state index in [1.165, 1.54) is 0 Å². The Kier molecular flexibility index (Phi) is 6.00. The van der Waals surface area contributed by atoms with Gasteiger partial charge in [0.2, 0.25) is 0 Å². The Labute approximate surface area is 182 Å². The van der Waals surface area contributed by atoms with Gasteiger partial charge in [-0.25, -0.2) is 9.18 Å². The number of alkyl halides is 3. The fraction of sp³-hybridized carbons (Fsp3) is 0.895. The quantitative estimate of drug-likeness (QED) is 0.364. The highest BCUT2D eigenvalue weighted by Crippen LogP contribution is 2.63. The van der Waals surface area contributed by atoms with Crippen LogP contribution in [0.4, 0.5) is 13.2 Å². The molecule has 9 nitrogen and oxygen atoms in total. The lowest BCUT2D eigenvalue weighted by molar-refractivity contribution is -0.159. The van der Waals surface area contributed by atoms with Gasteiger partial charge in [-0.1, -0.05) is 12.8 Å². The van der Waals surface area contributed by atoms with Crippen molar-refractivity contribution in [2.45, 2.75) is 67.8 Å². The predicted molar refractivity (Wildman–Crippen MR) is 98.6 cm³/mol. The summed E-state index contributed by atoms with van der Waals surface area (Å²) in [6, 6.07) is 0. The molecule has 0 aromatic rings. The molecule has 13 heteroatoms. The van der Waals surface area contributed by atoms with Crippen molar-refractivity contribution in [2.75, 3.05) is 13.2 Å². The minimum atomic E-state index is -5.94. The normalized spacial score (nSPS) is 36.3. The van der Waals surface area contributed by atoms with Crippen LogP contribution in [-0.4, -0.2) is 72.5 Å². The van der Waals surface area contributed by atoms with Crippen molar-refractivity contribution in [1.82, 2.24) is 0 Å². The molecule has 4 aliphatic rings. The van der Waals surface area contributed by atoms with Gasteiger partial charge in [-0.2, -0.15) is 17.2 Å². The number of esters is 2. The van der Waals surface area contributed by atoms with Gasteiger partial charge in [0, 0.05) is 18.3 Å². The van der Waals surface area contributed by atoms with Crippen LogP contribution in [0.2, 0.25) is 0 Å². The predicted octanol–water partition coefficient (Wildman–Crippen LogP) is 1.24. The van der Waals surface area contributed by atoms with Crippen molar-refractivity contribution in [3.63, 3.8) is 0 Å². The summed E-state index contributed by atoms with van der Waals surface area (Å²) < 4.78 is 84.9. The molecule has 0 aromatic carbocycles. The SMILES string of the molecule is O=C(COC1C2CC3C1OC(=O)C3C2C1(O)CCCC1)OCCC(F)C(F)(F)S(=O)(=O)O. The molecule has 0 aromatic heterocycles. The monoisotopic (exact) mass is 486 g/mol. The average Bonchev–Trinajstić information content (AvgIpc) is 3.42. The number of fused-ring (bicyclic) bond motifs is 1. The summed E-state index contributed by atoms with van der Waals surface area (Å²) in [5.41, 5.74) is -0.977. The van der Waals surface area contributed by atoms with Crippen molar-refractivity contribution in [1.29, 1.82) is 0 Å². The van der Waals surface area contributed by atoms with Gasteiger partial charge in [-0.05, 0) is 25.2 Å². The van der Waals surface area contributed by atoms with Crippen LogP contribution >= 0.6 is 0 Å². The Balaban J connectivity index is 1.31. The summed E-state index contributed by atoms with van der Waals surface area (Å²) in [5, 5.41) is 6.11. The lowest BCUT2D eigenvalue weighted by Gasteiger charge is -2.40. The minimum Gasteiger partial charge on any atom is -0.464 e. The van der Waals surface area contributed by atoms with Crippen molar-refractivity contribution in [2.24, 2.45) is 23.7 Å². The molecule has 7 atom stereocenters. The molecule has 2 bridgehead atoms. The fourth-order valence-corrected chi connectivity index (χ4v) is 6.52. The van der Waals surface area contributed by atoms with E-state index in [0.29, 0.717) is 19.3 Å². The summed E-state index contributed by atoms with van der Waals surface area (Å²) >= 11 is 0. The number of carbonyl (C=O) groups is 2. The fourth-order valence-electron chi connectivity index (χ4n) is 6.08. The number of halogens is 3. The van der Waals surface area contributed by atoms with E-state index >= 15 is 0 Å². The molecule has 4 rings (SSSR count). The van der Waals surface area contributed by atoms with Gasteiger partial charge >= 0.3 is 27.3 Å².